The first-order chi connectivity index (χ1) is 12.2. The lowest BCUT2D eigenvalue weighted by atomic mass is 10.0. The van der Waals surface area contributed by atoms with Crippen LogP contribution in [0.25, 0.3) is 0 Å². The molecule has 5 nitrogen and oxygen atoms in total. The van der Waals surface area contributed by atoms with Gasteiger partial charge in [0.1, 0.15) is 11.8 Å². The van der Waals surface area contributed by atoms with Gasteiger partial charge in [-0.3, -0.25) is 9.59 Å². The van der Waals surface area contributed by atoms with Crippen LogP contribution < -0.4 is 10.1 Å². The molecule has 1 fully saturated rings. The summed E-state index contributed by atoms with van der Waals surface area (Å²) in [7, 11) is 1.63. The molecule has 1 atom stereocenters. The van der Waals surface area contributed by atoms with Crippen LogP contribution in [-0.2, 0) is 16.0 Å². The number of piperazine rings is 1. The lowest BCUT2D eigenvalue weighted by Gasteiger charge is -2.35. The number of carbonyl (C=O) groups is 2. The van der Waals surface area contributed by atoms with Gasteiger partial charge in [0.05, 0.1) is 7.11 Å². The fourth-order valence-electron chi connectivity index (χ4n) is 3.13. The average molecular weight is 338 g/mol. The van der Waals surface area contributed by atoms with Crippen molar-refractivity contribution in [3.63, 3.8) is 0 Å². The van der Waals surface area contributed by atoms with E-state index in [-0.39, 0.29) is 11.8 Å². The van der Waals surface area contributed by atoms with Crippen LogP contribution in [0.3, 0.4) is 0 Å². The number of nitrogens with one attached hydrogen (secondary N) is 1. The maximum atomic E-state index is 12.8. The van der Waals surface area contributed by atoms with Gasteiger partial charge in [0, 0.05) is 19.5 Å². The predicted molar refractivity (Wildman–Crippen MR) is 95.2 cm³/mol. The highest BCUT2D eigenvalue weighted by atomic mass is 16.5. The first-order valence-electron chi connectivity index (χ1n) is 8.44. The fraction of sp³-hybridized carbons (Fsp3) is 0.300. The van der Waals surface area contributed by atoms with E-state index >= 15 is 0 Å². The first kappa shape index (κ1) is 17.0. The van der Waals surface area contributed by atoms with Crippen molar-refractivity contribution in [1.29, 1.82) is 0 Å². The molecule has 1 unspecified atom stereocenters. The van der Waals surface area contributed by atoms with E-state index in [0.717, 1.165) is 16.9 Å². The van der Waals surface area contributed by atoms with Crippen molar-refractivity contribution in [2.45, 2.75) is 18.9 Å². The first-order valence-corrected chi connectivity index (χ1v) is 8.44. The van der Waals surface area contributed by atoms with Gasteiger partial charge in [-0.05, 0) is 29.7 Å². The average Bonchev–Trinajstić information content (AvgIpc) is 2.66. The van der Waals surface area contributed by atoms with Crippen LogP contribution in [0.1, 0.15) is 23.6 Å². The van der Waals surface area contributed by atoms with Crippen LogP contribution in [-0.4, -0.2) is 36.9 Å². The van der Waals surface area contributed by atoms with Gasteiger partial charge in [0.15, 0.2) is 0 Å². The van der Waals surface area contributed by atoms with Crippen LogP contribution in [0.4, 0.5) is 0 Å². The monoisotopic (exact) mass is 338 g/mol. The Kier molecular flexibility index (Phi) is 5.33. The molecule has 1 heterocycles. The van der Waals surface area contributed by atoms with Gasteiger partial charge in [-0.15, -0.1) is 0 Å². The quantitative estimate of drug-likeness (QED) is 0.910. The lowest BCUT2D eigenvalue weighted by Crippen LogP contribution is -2.52. The van der Waals surface area contributed by atoms with E-state index < -0.39 is 6.04 Å². The Balaban J connectivity index is 1.71. The number of amides is 2. The molecule has 2 aromatic rings. The minimum Gasteiger partial charge on any atom is -0.497 e. The topological polar surface area (TPSA) is 58.6 Å². The van der Waals surface area contributed by atoms with Crippen LogP contribution in [0.5, 0.6) is 5.75 Å². The van der Waals surface area contributed by atoms with Crippen LogP contribution in [0.15, 0.2) is 54.6 Å². The molecule has 5 heteroatoms. The molecule has 25 heavy (non-hydrogen) atoms. The van der Waals surface area contributed by atoms with E-state index in [1.165, 1.54) is 0 Å². The van der Waals surface area contributed by atoms with Gasteiger partial charge in [-0.2, -0.15) is 0 Å². The summed E-state index contributed by atoms with van der Waals surface area (Å²) in [6.45, 7) is 1.02. The van der Waals surface area contributed by atoms with Crippen LogP contribution in [0.2, 0.25) is 0 Å². The van der Waals surface area contributed by atoms with Crippen molar-refractivity contribution in [1.82, 2.24) is 10.2 Å². The number of rotatable bonds is 5. The molecular weight excluding hydrogens is 316 g/mol. The summed E-state index contributed by atoms with van der Waals surface area (Å²) >= 11 is 0. The number of nitrogens with zero attached hydrogens (tertiary/aromatic N) is 1. The fourth-order valence-corrected chi connectivity index (χ4v) is 3.13. The number of aryl methyl sites for hydroxylation is 1. The predicted octanol–water partition coefficient (Wildman–Crippen LogP) is 2.33. The number of carbonyl (C=O) groups excluding carboxylic acids is 2. The van der Waals surface area contributed by atoms with E-state index in [4.69, 9.17) is 4.74 Å². The Morgan fingerprint density at radius 1 is 1.20 bits per heavy atom. The van der Waals surface area contributed by atoms with Crippen molar-refractivity contribution < 1.29 is 14.3 Å². The molecule has 130 valence electrons. The van der Waals surface area contributed by atoms with E-state index in [1.807, 2.05) is 54.6 Å². The highest BCUT2D eigenvalue weighted by Crippen LogP contribution is 2.24. The van der Waals surface area contributed by atoms with Crippen LogP contribution in [0, 0.1) is 0 Å². The molecule has 0 spiro atoms. The molecule has 0 saturated carbocycles. The smallest absolute Gasteiger partial charge is 0.247 e. The number of methoxy groups -OCH3 is 1. The molecule has 1 N–H and O–H groups in total. The van der Waals surface area contributed by atoms with E-state index in [2.05, 4.69) is 5.32 Å². The number of benzene rings is 2. The summed E-state index contributed by atoms with van der Waals surface area (Å²) in [6, 6.07) is 16.6. The van der Waals surface area contributed by atoms with Gasteiger partial charge < -0.3 is 15.0 Å². The van der Waals surface area contributed by atoms with Gasteiger partial charge in [0.25, 0.3) is 0 Å². The standard InChI is InChI=1S/C20H22N2O3/c1-25-17-9-5-6-15(14-17)10-11-18(23)22-13-12-21-20(24)19(22)16-7-3-2-4-8-16/h2-9,14,19H,10-13H2,1H3,(H,21,24). The van der Waals surface area contributed by atoms with E-state index in [9.17, 15) is 9.59 Å². The SMILES string of the molecule is COc1cccc(CCC(=O)N2CCNC(=O)C2c2ccccc2)c1. The molecule has 1 aliphatic heterocycles. The second-order valence-electron chi connectivity index (χ2n) is 6.04. The third-order valence-corrected chi connectivity index (χ3v) is 4.41. The molecule has 0 aliphatic carbocycles. The molecule has 2 amide bonds. The summed E-state index contributed by atoms with van der Waals surface area (Å²) in [4.78, 5) is 26.8. The van der Waals surface area contributed by atoms with Gasteiger partial charge >= 0.3 is 0 Å². The summed E-state index contributed by atoms with van der Waals surface area (Å²) in [5.41, 5.74) is 1.89. The van der Waals surface area contributed by atoms with Crippen molar-refractivity contribution in [3.8, 4) is 5.75 Å². The zero-order valence-corrected chi connectivity index (χ0v) is 14.3. The molecular formula is C20H22N2O3. The maximum absolute atomic E-state index is 12.8. The van der Waals surface area contributed by atoms with Crippen molar-refractivity contribution in [2.75, 3.05) is 20.2 Å². The van der Waals surface area contributed by atoms with E-state index in [1.54, 1.807) is 12.0 Å². The molecule has 0 radical (unpaired) electrons. The maximum Gasteiger partial charge on any atom is 0.247 e. The zero-order valence-electron chi connectivity index (χ0n) is 14.3. The summed E-state index contributed by atoms with van der Waals surface area (Å²) in [6.07, 6.45) is 0.986. The molecule has 3 rings (SSSR count). The zero-order chi connectivity index (χ0) is 17.6. The van der Waals surface area contributed by atoms with Gasteiger partial charge in [-0.25, -0.2) is 0 Å². The second-order valence-corrected chi connectivity index (χ2v) is 6.04. The highest BCUT2D eigenvalue weighted by Gasteiger charge is 2.33. The summed E-state index contributed by atoms with van der Waals surface area (Å²) < 4.78 is 5.22. The Hall–Kier alpha value is -2.82. The van der Waals surface area contributed by atoms with Gasteiger partial charge in [-0.1, -0.05) is 42.5 Å². The third kappa shape index (κ3) is 3.99. The normalized spacial score (nSPS) is 17.1. The molecule has 2 aromatic carbocycles. The molecule has 1 aliphatic rings. The van der Waals surface area contributed by atoms with Crippen molar-refractivity contribution in [3.05, 3.63) is 65.7 Å². The van der Waals surface area contributed by atoms with Gasteiger partial charge in [0.2, 0.25) is 11.8 Å². The van der Waals surface area contributed by atoms with E-state index in [0.29, 0.717) is 25.9 Å². The largest absolute Gasteiger partial charge is 0.497 e. The molecule has 0 aromatic heterocycles. The minimum atomic E-state index is -0.548. The Morgan fingerprint density at radius 3 is 2.76 bits per heavy atom. The minimum absolute atomic E-state index is 0.00785. The lowest BCUT2D eigenvalue weighted by molar-refractivity contribution is -0.143. The number of ether oxygens (including phenoxy) is 1. The molecule has 0 bridgehead atoms. The highest BCUT2D eigenvalue weighted by molar-refractivity contribution is 5.89. The Morgan fingerprint density at radius 2 is 2.00 bits per heavy atom. The Labute approximate surface area is 147 Å². The second kappa shape index (κ2) is 7.83. The molecule has 1 saturated heterocycles. The van der Waals surface area contributed by atoms with Crippen molar-refractivity contribution in [2.24, 2.45) is 0 Å². The number of hydrogen-bond donors (Lipinski definition) is 1. The summed E-state index contributed by atoms with van der Waals surface area (Å²) in [5.74, 6) is 0.656. The number of hydrogen-bond acceptors (Lipinski definition) is 3. The third-order valence-electron chi connectivity index (χ3n) is 4.41. The summed E-state index contributed by atoms with van der Waals surface area (Å²) in [5, 5.41) is 2.85. The Bertz CT molecular complexity index is 746. The van der Waals surface area contributed by atoms with Crippen LogP contribution >= 0.6 is 0 Å². The van der Waals surface area contributed by atoms with Crippen molar-refractivity contribution >= 4 is 11.8 Å².